The lowest BCUT2D eigenvalue weighted by Crippen LogP contribution is -2.96. The summed E-state index contributed by atoms with van der Waals surface area (Å²) in [4.78, 5) is 23.8. The smallest absolute Gasteiger partial charge is 0.342 e. The molecule has 3 rings (SSSR count). The van der Waals surface area contributed by atoms with Gasteiger partial charge in [0.1, 0.15) is 48.4 Å². The van der Waals surface area contributed by atoms with Crippen molar-refractivity contribution in [2.24, 2.45) is 5.92 Å². The molecule has 2 aliphatic heterocycles. The standard InChI is InChI=1S/C23H34N2O13/c1-2-5-25-14-11(7-36-23-18(30)16(28)17(29)19(38-23)20(31)32)15(27)13(37-22(14)34)8-35-21(33)10-6-9(24)3-4-12(10)26/h3-4,6,11,13-19,22-23,25-30,34H,2,5,7-8,24H2,1H3,(H,31,32)/p+1/t11-,13?,14?,15-,16+,17-,18?,19?,22-,23-/m1/s1. The number of aliphatic hydroxyl groups excluding tert-OH is 5. The molecule has 15 nitrogen and oxygen atoms in total. The highest BCUT2D eigenvalue weighted by atomic mass is 16.7. The summed E-state index contributed by atoms with van der Waals surface area (Å²) in [6, 6.07) is 3.04. The van der Waals surface area contributed by atoms with Gasteiger partial charge >= 0.3 is 11.9 Å². The van der Waals surface area contributed by atoms with Crippen LogP contribution in [-0.2, 0) is 23.7 Å². The highest BCUT2D eigenvalue weighted by Crippen LogP contribution is 2.28. The predicted molar refractivity (Wildman–Crippen MR) is 124 cm³/mol. The van der Waals surface area contributed by atoms with Gasteiger partial charge in [-0.2, -0.15) is 0 Å². The Bertz CT molecular complexity index is 965. The number of esters is 1. The van der Waals surface area contributed by atoms with Crippen molar-refractivity contribution in [3.05, 3.63) is 23.8 Å². The molecule has 0 aromatic heterocycles. The molecule has 15 heteroatoms. The van der Waals surface area contributed by atoms with E-state index >= 15 is 0 Å². The number of hydrogen-bond donors (Lipinski definition) is 9. The van der Waals surface area contributed by atoms with E-state index in [9.17, 15) is 45.3 Å². The van der Waals surface area contributed by atoms with Gasteiger partial charge in [0.05, 0.1) is 25.2 Å². The number of carboxylic acids is 1. The fourth-order valence-electron chi connectivity index (χ4n) is 4.41. The van der Waals surface area contributed by atoms with Crippen LogP contribution in [0.2, 0.25) is 0 Å². The number of nitrogen functional groups attached to an aromatic ring is 1. The molecule has 38 heavy (non-hydrogen) atoms. The number of ether oxygens (including phenoxy) is 4. The van der Waals surface area contributed by atoms with E-state index in [0.29, 0.717) is 13.0 Å². The number of aliphatic hydroxyl groups is 5. The predicted octanol–water partition coefficient (Wildman–Crippen LogP) is -3.92. The van der Waals surface area contributed by atoms with E-state index in [0.717, 1.165) is 0 Å². The van der Waals surface area contributed by atoms with Crippen LogP contribution in [-0.4, -0.2) is 123 Å². The summed E-state index contributed by atoms with van der Waals surface area (Å²) in [5.41, 5.74) is 5.64. The SMILES string of the molecule is CCC[NH2+]C1[C@H](O)OC(COC(=O)c2cc(N)ccc2O)[C@H](O)[C@@H]1CO[C@@H]1OC(C(=O)O)[C@H](O)[C@H](O)C1O. The van der Waals surface area contributed by atoms with Crippen molar-refractivity contribution in [2.75, 3.05) is 25.5 Å². The molecule has 0 amide bonds. The van der Waals surface area contributed by atoms with Crippen molar-refractivity contribution < 1.29 is 69.6 Å². The van der Waals surface area contributed by atoms with Gasteiger partial charge in [-0.3, -0.25) is 0 Å². The first-order valence-corrected chi connectivity index (χ1v) is 12.1. The van der Waals surface area contributed by atoms with E-state index in [4.69, 9.17) is 24.7 Å². The number of anilines is 1. The Hall–Kier alpha value is -2.60. The van der Waals surface area contributed by atoms with Gasteiger partial charge in [-0.15, -0.1) is 0 Å². The maximum Gasteiger partial charge on any atom is 0.342 e. The van der Waals surface area contributed by atoms with E-state index in [1.165, 1.54) is 18.2 Å². The zero-order valence-electron chi connectivity index (χ0n) is 20.6. The molecule has 4 unspecified atom stereocenters. The number of carbonyl (C=O) groups is 2. The Morgan fingerprint density at radius 2 is 1.74 bits per heavy atom. The molecule has 2 heterocycles. The van der Waals surface area contributed by atoms with Crippen LogP contribution in [0.25, 0.3) is 0 Å². The number of rotatable bonds is 10. The van der Waals surface area contributed by atoms with Gasteiger partial charge in [0.15, 0.2) is 12.4 Å². The molecule has 2 saturated heterocycles. The molecule has 10 atom stereocenters. The van der Waals surface area contributed by atoms with Crippen LogP contribution in [0.1, 0.15) is 23.7 Å². The van der Waals surface area contributed by atoms with Crippen molar-refractivity contribution in [3.63, 3.8) is 0 Å². The lowest BCUT2D eigenvalue weighted by atomic mass is 9.87. The number of hydrogen-bond acceptors (Lipinski definition) is 13. The number of carbonyl (C=O) groups excluding carboxylic acids is 1. The van der Waals surface area contributed by atoms with Crippen molar-refractivity contribution in [1.29, 1.82) is 0 Å². The van der Waals surface area contributed by atoms with Gasteiger partial charge in [-0.05, 0) is 24.6 Å². The number of nitrogens with two attached hydrogens (primary N) is 2. The van der Waals surface area contributed by atoms with Gasteiger partial charge in [0.2, 0.25) is 6.29 Å². The third kappa shape index (κ3) is 6.69. The molecule has 0 aliphatic carbocycles. The summed E-state index contributed by atoms with van der Waals surface area (Å²) < 4.78 is 21.3. The number of phenolic OH excluding ortho intramolecular Hbond substituents is 1. The van der Waals surface area contributed by atoms with Crippen LogP contribution >= 0.6 is 0 Å². The highest BCUT2D eigenvalue weighted by Gasteiger charge is 2.50. The zero-order valence-corrected chi connectivity index (χ0v) is 20.6. The van der Waals surface area contributed by atoms with Crippen molar-refractivity contribution in [3.8, 4) is 5.75 Å². The minimum absolute atomic E-state index is 0.206. The maximum absolute atomic E-state index is 12.4. The first-order valence-electron chi connectivity index (χ1n) is 12.1. The molecule has 0 saturated carbocycles. The van der Waals surface area contributed by atoms with Crippen LogP contribution in [0.4, 0.5) is 5.69 Å². The Morgan fingerprint density at radius 1 is 1.03 bits per heavy atom. The van der Waals surface area contributed by atoms with Crippen LogP contribution in [0, 0.1) is 5.92 Å². The van der Waals surface area contributed by atoms with Gasteiger partial charge < -0.3 is 65.7 Å². The van der Waals surface area contributed by atoms with Crippen LogP contribution in [0.15, 0.2) is 18.2 Å². The van der Waals surface area contributed by atoms with Crippen molar-refractivity contribution >= 4 is 17.6 Å². The summed E-state index contributed by atoms with van der Waals surface area (Å²) in [7, 11) is 0. The largest absolute Gasteiger partial charge is 0.507 e. The summed E-state index contributed by atoms with van der Waals surface area (Å²) in [6.45, 7) is 1.52. The molecule has 1 aromatic carbocycles. The second-order valence-corrected chi connectivity index (χ2v) is 9.26. The number of aliphatic carboxylic acids is 1. The van der Waals surface area contributed by atoms with E-state index in [1.807, 2.05) is 6.92 Å². The number of phenols is 1. The molecular formula is C23H35N2O13+. The van der Waals surface area contributed by atoms with Crippen LogP contribution in [0.5, 0.6) is 5.75 Å². The Balaban J connectivity index is 1.71. The molecule has 1 aromatic rings. The number of benzene rings is 1. The van der Waals surface area contributed by atoms with Gasteiger partial charge in [-0.1, -0.05) is 6.92 Å². The molecule has 11 N–H and O–H groups in total. The third-order valence-electron chi connectivity index (χ3n) is 6.57. The summed E-state index contributed by atoms with van der Waals surface area (Å²) >= 11 is 0. The molecule has 0 radical (unpaired) electrons. The fourth-order valence-corrected chi connectivity index (χ4v) is 4.41. The average molecular weight is 548 g/mol. The van der Waals surface area contributed by atoms with Crippen LogP contribution in [0.3, 0.4) is 0 Å². The minimum atomic E-state index is -1.90. The van der Waals surface area contributed by atoms with Crippen molar-refractivity contribution in [1.82, 2.24) is 0 Å². The van der Waals surface area contributed by atoms with E-state index in [2.05, 4.69) is 0 Å². The van der Waals surface area contributed by atoms with Gasteiger partial charge in [-0.25, -0.2) is 9.59 Å². The Kier molecular flexibility index (Phi) is 10.2. The second kappa shape index (κ2) is 13.0. The van der Waals surface area contributed by atoms with E-state index in [-0.39, 0.29) is 17.0 Å². The van der Waals surface area contributed by atoms with Gasteiger partial charge in [0, 0.05) is 5.69 Å². The van der Waals surface area contributed by atoms with Crippen LogP contribution < -0.4 is 11.1 Å². The first-order chi connectivity index (χ1) is 18.0. The Morgan fingerprint density at radius 3 is 2.39 bits per heavy atom. The quantitative estimate of drug-likeness (QED) is 0.0770. The molecule has 0 spiro atoms. The monoisotopic (exact) mass is 547 g/mol. The maximum atomic E-state index is 12.4. The topological polar surface area (TPSA) is 255 Å². The Labute approximate surface area is 217 Å². The molecule has 2 aliphatic rings. The lowest BCUT2D eigenvalue weighted by molar-refractivity contribution is -0.717. The fraction of sp³-hybridized carbons (Fsp3) is 0.652. The van der Waals surface area contributed by atoms with E-state index in [1.54, 1.807) is 5.32 Å². The number of carboxylic acid groups (broad SMARTS) is 1. The van der Waals surface area contributed by atoms with Gasteiger partial charge in [0.25, 0.3) is 0 Å². The first kappa shape index (κ1) is 29.9. The molecule has 0 bridgehead atoms. The lowest BCUT2D eigenvalue weighted by Gasteiger charge is -2.43. The highest BCUT2D eigenvalue weighted by molar-refractivity contribution is 5.93. The summed E-state index contributed by atoms with van der Waals surface area (Å²) in [5.74, 6) is -3.80. The average Bonchev–Trinajstić information content (AvgIpc) is 2.87. The zero-order chi connectivity index (χ0) is 28.1. The third-order valence-corrected chi connectivity index (χ3v) is 6.57. The minimum Gasteiger partial charge on any atom is -0.507 e. The normalized spacial score (nSPS) is 35.5. The van der Waals surface area contributed by atoms with Crippen molar-refractivity contribution in [2.45, 2.75) is 68.6 Å². The number of quaternary nitrogens is 1. The summed E-state index contributed by atoms with van der Waals surface area (Å²) in [5, 5.41) is 72.6. The molecule has 2 fully saturated rings. The molecular weight excluding hydrogens is 512 g/mol. The number of aromatic hydroxyl groups is 1. The second-order valence-electron chi connectivity index (χ2n) is 9.26. The molecule has 214 valence electrons. The summed E-state index contributed by atoms with van der Waals surface area (Å²) in [6.07, 6.45) is -12.5. The van der Waals surface area contributed by atoms with E-state index < -0.39 is 86.3 Å².